The summed E-state index contributed by atoms with van der Waals surface area (Å²) in [5.74, 6) is -0.173. The number of para-hydroxylation sites is 1. The van der Waals surface area contributed by atoms with Crippen molar-refractivity contribution in [2.45, 2.75) is 17.2 Å². The maximum Gasteiger partial charge on any atom is 0.295 e. The van der Waals surface area contributed by atoms with Gasteiger partial charge in [0.05, 0.1) is 18.4 Å². The minimum Gasteiger partial charge on any atom is -0.491 e. The Hall–Kier alpha value is -1.75. The van der Waals surface area contributed by atoms with Gasteiger partial charge in [0.25, 0.3) is 5.91 Å². The SMILES string of the molecule is COC1=C(C(C)=O)C2Sc3ccccc3N2C1=O. The van der Waals surface area contributed by atoms with Gasteiger partial charge in [-0.3, -0.25) is 14.5 Å². The van der Waals surface area contributed by atoms with Crippen molar-refractivity contribution in [1.29, 1.82) is 0 Å². The molecule has 1 unspecified atom stereocenters. The third-order valence-corrected chi connectivity index (χ3v) is 4.35. The molecular formula is C13H11NO3S. The first-order valence-electron chi connectivity index (χ1n) is 5.53. The van der Waals surface area contributed by atoms with Crippen LogP contribution in [-0.2, 0) is 14.3 Å². The maximum atomic E-state index is 12.3. The van der Waals surface area contributed by atoms with Gasteiger partial charge in [0.2, 0.25) is 0 Å². The minimum absolute atomic E-state index is 0.118. The second-order valence-electron chi connectivity index (χ2n) is 4.12. The molecule has 0 aromatic heterocycles. The third kappa shape index (κ3) is 1.34. The van der Waals surface area contributed by atoms with Crippen molar-refractivity contribution in [1.82, 2.24) is 0 Å². The summed E-state index contributed by atoms with van der Waals surface area (Å²) in [5.41, 5.74) is 1.31. The Morgan fingerprint density at radius 3 is 2.78 bits per heavy atom. The lowest BCUT2D eigenvalue weighted by atomic mass is 10.2. The van der Waals surface area contributed by atoms with Gasteiger partial charge in [-0.2, -0.15) is 0 Å². The summed E-state index contributed by atoms with van der Waals surface area (Å²) < 4.78 is 5.10. The van der Waals surface area contributed by atoms with Crippen LogP contribution in [0.15, 0.2) is 40.5 Å². The number of carbonyl (C=O) groups is 2. The van der Waals surface area contributed by atoms with E-state index in [0.717, 1.165) is 10.6 Å². The Kier molecular flexibility index (Phi) is 2.45. The summed E-state index contributed by atoms with van der Waals surface area (Å²) in [4.78, 5) is 26.7. The number of hydrogen-bond acceptors (Lipinski definition) is 4. The van der Waals surface area contributed by atoms with Gasteiger partial charge in [0.15, 0.2) is 11.5 Å². The molecule has 5 heteroatoms. The van der Waals surface area contributed by atoms with E-state index in [1.54, 1.807) is 4.90 Å². The smallest absolute Gasteiger partial charge is 0.295 e. The average molecular weight is 261 g/mol. The number of ether oxygens (including phenoxy) is 1. The van der Waals surface area contributed by atoms with E-state index in [9.17, 15) is 9.59 Å². The lowest BCUT2D eigenvalue weighted by molar-refractivity contribution is -0.118. The monoisotopic (exact) mass is 261 g/mol. The zero-order chi connectivity index (χ0) is 12.9. The van der Waals surface area contributed by atoms with Gasteiger partial charge >= 0.3 is 0 Å². The van der Waals surface area contributed by atoms with Crippen LogP contribution < -0.4 is 4.90 Å². The highest BCUT2D eigenvalue weighted by molar-refractivity contribution is 8.00. The van der Waals surface area contributed by atoms with E-state index in [4.69, 9.17) is 4.74 Å². The summed E-state index contributed by atoms with van der Waals surface area (Å²) in [7, 11) is 1.43. The number of fused-ring (bicyclic) bond motifs is 3. The third-order valence-electron chi connectivity index (χ3n) is 3.09. The van der Waals surface area contributed by atoms with Gasteiger partial charge in [0, 0.05) is 4.90 Å². The largest absolute Gasteiger partial charge is 0.491 e. The number of rotatable bonds is 2. The first-order chi connectivity index (χ1) is 8.65. The van der Waals surface area contributed by atoms with Crippen LogP contribution in [0.1, 0.15) is 6.92 Å². The van der Waals surface area contributed by atoms with Crippen LogP contribution in [0.3, 0.4) is 0 Å². The molecule has 2 heterocycles. The highest BCUT2D eigenvalue weighted by atomic mass is 32.2. The molecule has 0 bridgehead atoms. The number of hydrogen-bond donors (Lipinski definition) is 0. The number of anilines is 1. The maximum absolute atomic E-state index is 12.3. The van der Waals surface area contributed by atoms with Crippen molar-refractivity contribution in [2.24, 2.45) is 0 Å². The second-order valence-corrected chi connectivity index (χ2v) is 5.24. The van der Waals surface area contributed by atoms with E-state index in [-0.39, 0.29) is 22.8 Å². The summed E-state index contributed by atoms with van der Waals surface area (Å²) in [6.07, 6.45) is 0. The topological polar surface area (TPSA) is 46.6 Å². The van der Waals surface area contributed by atoms with Crippen LogP contribution in [0.2, 0.25) is 0 Å². The van der Waals surface area contributed by atoms with Crippen molar-refractivity contribution in [3.8, 4) is 0 Å². The molecule has 0 saturated heterocycles. The molecular weight excluding hydrogens is 250 g/mol. The molecule has 4 nitrogen and oxygen atoms in total. The molecule has 2 aliphatic heterocycles. The molecule has 18 heavy (non-hydrogen) atoms. The molecule has 1 atom stereocenters. The Bertz CT molecular complexity index is 594. The first kappa shape index (κ1) is 11.3. The van der Waals surface area contributed by atoms with Crippen molar-refractivity contribution in [3.05, 3.63) is 35.6 Å². The molecule has 1 aromatic rings. The lowest BCUT2D eigenvalue weighted by Gasteiger charge is -2.16. The number of carbonyl (C=O) groups excluding carboxylic acids is 2. The number of nitrogens with zero attached hydrogens (tertiary/aromatic N) is 1. The Balaban J connectivity index is 2.13. The zero-order valence-electron chi connectivity index (χ0n) is 9.97. The van der Waals surface area contributed by atoms with E-state index >= 15 is 0 Å². The number of methoxy groups -OCH3 is 1. The quantitative estimate of drug-likeness (QED) is 0.816. The fraction of sp³-hybridized carbons (Fsp3) is 0.231. The van der Waals surface area contributed by atoms with Gasteiger partial charge in [-0.05, 0) is 19.1 Å². The van der Waals surface area contributed by atoms with E-state index in [1.807, 2.05) is 24.3 Å². The highest BCUT2D eigenvalue weighted by Gasteiger charge is 2.48. The number of thioether (sulfide) groups is 1. The minimum atomic E-state index is -0.276. The van der Waals surface area contributed by atoms with Crippen molar-refractivity contribution in [3.63, 3.8) is 0 Å². The van der Waals surface area contributed by atoms with Gasteiger partial charge in [-0.25, -0.2) is 0 Å². The fourth-order valence-corrected chi connectivity index (χ4v) is 3.72. The fourth-order valence-electron chi connectivity index (χ4n) is 2.33. The number of Topliss-reactive ketones (excluding diaryl/α,β-unsaturated/α-hetero) is 1. The van der Waals surface area contributed by atoms with Gasteiger partial charge in [-0.1, -0.05) is 23.9 Å². The molecule has 92 valence electrons. The van der Waals surface area contributed by atoms with Crippen LogP contribution in [-0.4, -0.2) is 24.2 Å². The Morgan fingerprint density at radius 2 is 2.11 bits per heavy atom. The average Bonchev–Trinajstić information content (AvgIpc) is 2.84. The van der Waals surface area contributed by atoms with E-state index in [2.05, 4.69) is 0 Å². The molecule has 1 aromatic carbocycles. The zero-order valence-corrected chi connectivity index (χ0v) is 10.8. The second kappa shape index (κ2) is 3.88. The van der Waals surface area contributed by atoms with Gasteiger partial charge in [-0.15, -0.1) is 0 Å². The summed E-state index contributed by atoms with van der Waals surface area (Å²) in [5, 5.41) is -0.276. The summed E-state index contributed by atoms with van der Waals surface area (Å²) in [6.45, 7) is 1.47. The van der Waals surface area contributed by atoms with Gasteiger partial charge < -0.3 is 4.74 Å². The normalized spacial score (nSPS) is 21.1. The summed E-state index contributed by atoms with van der Waals surface area (Å²) >= 11 is 1.51. The number of amides is 1. The van der Waals surface area contributed by atoms with Gasteiger partial charge in [0.1, 0.15) is 5.37 Å². The molecule has 0 fully saturated rings. The molecule has 2 aliphatic rings. The highest BCUT2D eigenvalue weighted by Crippen LogP contribution is 2.50. The predicted octanol–water partition coefficient (Wildman–Crippen LogP) is 1.95. The molecule has 3 rings (SSSR count). The predicted molar refractivity (Wildman–Crippen MR) is 68.3 cm³/mol. The first-order valence-corrected chi connectivity index (χ1v) is 6.41. The van der Waals surface area contributed by atoms with Crippen LogP contribution in [0.5, 0.6) is 0 Å². The van der Waals surface area contributed by atoms with Crippen molar-refractivity contribution >= 4 is 29.1 Å². The molecule has 1 amide bonds. The van der Waals surface area contributed by atoms with Crippen LogP contribution >= 0.6 is 11.8 Å². The Labute approximate surface area is 109 Å². The lowest BCUT2D eigenvalue weighted by Crippen LogP contribution is -2.31. The van der Waals surface area contributed by atoms with Crippen LogP contribution in [0.4, 0.5) is 5.69 Å². The number of benzene rings is 1. The van der Waals surface area contributed by atoms with E-state index < -0.39 is 0 Å². The van der Waals surface area contributed by atoms with Crippen molar-refractivity contribution < 1.29 is 14.3 Å². The molecule has 0 radical (unpaired) electrons. The van der Waals surface area contributed by atoms with Crippen LogP contribution in [0.25, 0.3) is 0 Å². The summed E-state index contributed by atoms with van der Waals surface area (Å²) in [6, 6.07) is 7.65. The molecule has 0 N–H and O–H groups in total. The van der Waals surface area contributed by atoms with Crippen LogP contribution in [0, 0.1) is 0 Å². The molecule has 0 aliphatic carbocycles. The van der Waals surface area contributed by atoms with E-state index in [0.29, 0.717) is 5.57 Å². The number of ketones is 1. The van der Waals surface area contributed by atoms with Crippen molar-refractivity contribution in [2.75, 3.05) is 12.0 Å². The molecule has 0 saturated carbocycles. The Morgan fingerprint density at radius 1 is 1.39 bits per heavy atom. The standard InChI is InChI=1S/C13H11NO3S/c1-7(15)10-11(17-2)12(16)14-8-5-3-4-6-9(8)18-13(10)14/h3-6,13H,1-2H3. The molecule has 0 spiro atoms. The van der Waals surface area contributed by atoms with E-state index in [1.165, 1.54) is 25.8 Å².